The molecule has 1 aromatic heterocycles. The lowest BCUT2D eigenvalue weighted by Gasteiger charge is -2.31. The first-order chi connectivity index (χ1) is 13.0. The van der Waals surface area contributed by atoms with Crippen LogP contribution in [0.4, 0.5) is 5.69 Å². The van der Waals surface area contributed by atoms with Crippen molar-refractivity contribution in [1.82, 2.24) is 15.2 Å². The van der Waals surface area contributed by atoms with E-state index < -0.39 is 4.92 Å². The third-order valence-corrected chi connectivity index (χ3v) is 5.12. The van der Waals surface area contributed by atoms with E-state index >= 15 is 0 Å². The number of nitrogens with one attached hydrogen (secondary N) is 1. The molecule has 0 atom stereocenters. The van der Waals surface area contributed by atoms with Gasteiger partial charge >= 0.3 is 0 Å². The van der Waals surface area contributed by atoms with Gasteiger partial charge in [0, 0.05) is 36.5 Å². The second-order valence-electron chi connectivity index (χ2n) is 6.96. The van der Waals surface area contributed by atoms with Gasteiger partial charge in [0.2, 0.25) is 0 Å². The van der Waals surface area contributed by atoms with E-state index in [1.165, 1.54) is 6.07 Å². The van der Waals surface area contributed by atoms with Crippen LogP contribution in [0.3, 0.4) is 0 Å². The van der Waals surface area contributed by atoms with Crippen molar-refractivity contribution in [3.05, 3.63) is 69.5 Å². The van der Waals surface area contributed by atoms with Crippen LogP contribution in [0, 0.1) is 23.0 Å². The summed E-state index contributed by atoms with van der Waals surface area (Å²) in [7, 11) is 0. The van der Waals surface area contributed by atoms with Crippen molar-refractivity contribution >= 4 is 11.6 Å². The molecule has 142 valence electrons. The molecule has 1 aliphatic heterocycles. The Labute approximate surface area is 158 Å². The molecule has 1 N–H and O–H groups in total. The Morgan fingerprint density at radius 3 is 2.70 bits per heavy atom. The summed E-state index contributed by atoms with van der Waals surface area (Å²) in [4.78, 5) is 29.8. The van der Waals surface area contributed by atoms with Crippen molar-refractivity contribution in [2.75, 3.05) is 19.6 Å². The van der Waals surface area contributed by atoms with Gasteiger partial charge in [-0.2, -0.15) is 0 Å². The molecule has 1 aliphatic rings. The lowest BCUT2D eigenvalue weighted by molar-refractivity contribution is -0.385. The SMILES string of the molecule is Cc1c(C(=O)NCC2CCN(Cc3ccccn3)CC2)cccc1[N+](=O)[O-]. The number of pyridine rings is 1. The summed E-state index contributed by atoms with van der Waals surface area (Å²) >= 11 is 0. The maximum absolute atomic E-state index is 12.4. The normalized spacial score (nSPS) is 15.4. The van der Waals surface area contributed by atoms with Crippen molar-refractivity contribution in [2.45, 2.75) is 26.3 Å². The number of carbonyl (C=O) groups excluding carboxylic acids is 1. The third kappa shape index (κ3) is 4.89. The van der Waals surface area contributed by atoms with Gasteiger partial charge < -0.3 is 5.32 Å². The highest BCUT2D eigenvalue weighted by Gasteiger charge is 2.22. The monoisotopic (exact) mass is 368 g/mol. The van der Waals surface area contributed by atoms with E-state index in [4.69, 9.17) is 0 Å². The van der Waals surface area contributed by atoms with Gasteiger partial charge in [-0.25, -0.2) is 0 Å². The summed E-state index contributed by atoms with van der Waals surface area (Å²) in [6.45, 7) is 5.02. The van der Waals surface area contributed by atoms with Crippen LogP contribution in [0.1, 0.15) is 34.5 Å². The fourth-order valence-electron chi connectivity index (χ4n) is 3.47. The number of carbonyl (C=O) groups is 1. The number of hydrogen-bond donors (Lipinski definition) is 1. The molecule has 0 unspecified atom stereocenters. The van der Waals surface area contributed by atoms with Gasteiger partial charge in [-0.05, 0) is 57.0 Å². The number of benzene rings is 1. The van der Waals surface area contributed by atoms with Crippen molar-refractivity contribution in [3.63, 3.8) is 0 Å². The molecule has 1 fully saturated rings. The molecule has 1 amide bonds. The van der Waals surface area contributed by atoms with Gasteiger partial charge in [-0.1, -0.05) is 12.1 Å². The number of amides is 1. The van der Waals surface area contributed by atoms with Gasteiger partial charge in [0.1, 0.15) is 0 Å². The van der Waals surface area contributed by atoms with E-state index in [1.807, 2.05) is 24.4 Å². The summed E-state index contributed by atoms with van der Waals surface area (Å²) in [6.07, 6.45) is 3.84. The molecule has 1 aromatic carbocycles. The van der Waals surface area contributed by atoms with Crippen molar-refractivity contribution < 1.29 is 9.72 Å². The fourth-order valence-corrected chi connectivity index (χ4v) is 3.47. The van der Waals surface area contributed by atoms with Crippen LogP contribution in [-0.2, 0) is 6.54 Å². The zero-order valence-corrected chi connectivity index (χ0v) is 15.4. The largest absolute Gasteiger partial charge is 0.352 e. The molecule has 1 saturated heterocycles. The second-order valence-corrected chi connectivity index (χ2v) is 6.96. The lowest BCUT2D eigenvalue weighted by Crippen LogP contribution is -2.38. The molecule has 0 spiro atoms. The third-order valence-electron chi connectivity index (χ3n) is 5.12. The number of hydrogen-bond acceptors (Lipinski definition) is 5. The minimum absolute atomic E-state index is 0.0227. The number of nitro benzene ring substituents is 1. The molecule has 7 nitrogen and oxygen atoms in total. The Bertz CT molecular complexity index is 802. The molecule has 7 heteroatoms. The highest BCUT2D eigenvalue weighted by molar-refractivity contribution is 5.96. The summed E-state index contributed by atoms with van der Waals surface area (Å²) in [5.74, 6) is 0.181. The first-order valence-corrected chi connectivity index (χ1v) is 9.19. The Balaban J connectivity index is 1.48. The Morgan fingerprint density at radius 2 is 2.04 bits per heavy atom. The average Bonchev–Trinajstić information content (AvgIpc) is 2.68. The summed E-state index contributed by atoms with van der Waals surface area (Å²) in [6, 6.07) is 10.6. The summed E-state index contributed by atoms with van der Waals surface area (Å²) < 4.78 is 0. The molecule has 2 heterocycles. The smallest absolute Gasteiger partial charge is 0.273 e. The van der Waals surface area contributed by atoms with Crippen LogP contribution in [0.5, 0.6) is 0 Å². The van der Waals surface area contributed by atoms with Gasteiger partial charge in [-0.3, -0.25) is 24.8 Å². The Kier molecular flexibility index (Phi) is 6.13. The van der Waals surface area contributed by atoms with Crippen molar-refractivity contribution in [3.8, 4) is 0 Å². The van der Waals surface area contributed by atoms with E-state index in [0.717, 1.165) is 38.2 Å². The standard InChI is InChI=1S/C20H24N4O3/c1-15-18(6-4-7-19(15)24(26)27)20(25)22-13-16-8-11-23(12-9-16)14-17-5-2-3-10-21-17/h2-7,10,16H,8-9,11-14H2,1H3,(H,22,25). The number of piperidine rings is 1. The average molecular weight is 368 g/mol. The van der Waals surface area contributed by atoms with Crippen molar-refractivity contribution in [2.24, 2.45) is 5.92 Å². The van der Waals surface area contributed by atoms with Gasteiger partial charge in [-0.15, -0.1) is 0 Å². The van der Waals surface area contributed by atoms with E-state index in [-0.39, 0.29) is 11.6 Å². The maximum Gasteiger partial charge on any atom is 0.273 e. The van der Waals surface area contributed by atoms with E-state index in [1.54, 1.807) is 19.1 Å². The molecular weight excluding hydrogens is 344 g/mol. The molecule has 0 aliphatic carbocycles. The second kappa shape index (κ2) is 8.73. The molecule has 2 aromatic rings. The van der Waals surface area contributed by atoms with Crippen LogP contribution in [0.25, 0.3) is 0 Å². The maximum atomic E-state index is 12.4. The number of likely N-dealkylation sites (tertiary alicyclic amines) is 1. The van der Waals surface area contributed by atoms with E-state index in [9.17, 15) is 14.9 Å². The molecule has 0 radical (unpaired) electrons. The number of nitrogens with zero attached hydrogens (tertiary/aromatic N) is 3. The number of aromatic nitrogens is 1. The number of rotatable bonds is 6. The highest BCUT2D eigenvalue weighted by Crippen LogP contribution is 2.22. The van der Waals surface area contributed by atoms with Crippen LogP contribution in [0.15, 0.2) is 42.6 Å². The predicted molar refractivity (Wildman–Crippen MR) is 102 cm³/mol. The summed E-state index contributed by atoms with van der Waals surface area (Å²) in [5, 5.41) is 14.0. The van der Waals surface area contributed by atoms with E-state index in [2.05, 4.69) is 15.2 Å². The van der Waals surface area contributed by atoms with Crippen LogP contribution in [-0.4, -0.2) is 40.3 Å². The fraction of sp³-hybridized carbons (Fsp3) is 0.400. The molecule has 0 bridgehead atoms. The topological polar surface area (TPSA) is 88.4 Å². The minimum Gasteiger partial charge on any atom is -0.352 e. The molecule has 0 saturated carbocycles. The molecular formula is C20H24N4O3. The van der Waals surface area contributed by atoms with Crippen LogP contribution >= 0.6 is 0 Å². The first-order valence-electron chi connectivity index (χ1n) is 9.19. The predicted octanol–water partition coefficient (Wildman–Crippen LogP) is 2.94. The Morgan fingerprint density at radius 1 is 1.26 bits per heavy atom. The first kappa shape index (κ1) is 19.0. The highest BCUT2D eigenvalue weighted by atomic mass is 16.6. The van der Waals surface area contributed by atoms with Gasteiger partial charge in [0.25, 0.3) is 11.6 Å². The minimum atomic E-state index is -0.455. The lowest BCUT2D eigenvalue weighted by atomic mass is 9.96. The molecule has 27 heavy (non-hydrogen) atoms. The van der Waals surface area contributed by atoms with Crippen LogP contribution in [0.2, 0.25) is 0 Å². The van der Waals surface area contributed by atoms with Crippen molar-refractivity contribution in [1.29, 1.82) is 0 Å². The van der Waals surface area contributed by atoms with E-state index in [0.29, 0.717) is 23.6 Å². The zero-order valence-electron chi connectivity index (χ0n) is 15.4. The Hall–Kier alpha value is -2.80. The van der Waals surface area contributed by atoms with Gasteiger partial charge in [0.15, 0.2) is 0 Å². The summed E-state index contributed by atoms with van der Waals surface area (Å²) in [5.41, 5.74) is 1.83. The number of nitro groups is 1. The van der Waals surface area contributed by atoms with Gasteiger partial charge in [0.05, 0.1) is 10.6 Å². The quantitative estimate of drug-likeness (QED) is 0.625. The molecule has 3 rings (SSSR count). The van der Waals surface area contributed by atoms with Crippen LogP contribution < -0.4 is 5.32 Å². The zero-order chi connectivity index (χ0) is 19.2.